The SMILES string of the molecule is CC1(C)OB(c2cnn(N3C=CC=CO3)n2)OC1(C)C. The molecule has 106 valence electrons. The summed E-state index contributed by atoms with van der Waals surface area (Å²) in [6.45, 7) is 7.99. The average molecular weight is 276 g/mol. The Hall–Kier alpha value is -1.80. The third kappa shape index (κ3) is 2.10. The summed E-state index contributed by atoms with van der Waals surface area (Å²) < 4.78 is 11.8. The van der Waals surface area contributed by atoms with Crippen LogP contribution >= 0.6 is 0 Å². The van der Waals surface area contributed by atoms with Crippen LogP contribution in [-0.2, 0) is 14.1 Å². The first-order chi connectivity index (χ1) is 9.39. The maximum Gasteiger partial charge on any atom is 0.518 e. The molecular formula is C12H17BN4O3. The Balaban J connectivity index is 1.78. The molecule has 0 aliphatic carbocycles. The molecule has 2 aliphatic heterocycles. The van der Waals surface area contributed by atoms with Gasteiger partial charge in [-0.2, -0.15) is 0 Å². The van der Waals surface area contributed by atoms with Crippen LogP contribution in [0.5, 0.6) is 0 Å². The first-order valence-electron chi connectivity index (χ1n) is 6.47. The number of nitrogens with zero attached hydrogens (tertiary/aromatic N) is 4. The predicted molar refractivity (Wildman–Crippen MR) is 73.3 cm³/mol. The van der Waals surface area contributed by atoms with E-state index >= 15 is 0 Å². The summed E-state index contributed by atoms with van der Waals surface area (Å²) in [6.07, 6.45) is 8.44. The molecule has 0 aromatic carbocycles. The molecule has 20 heavy (non-hydrogen) atoms. The van der Waals surface area contributed by atoms with E-state index in [9.17, 15) is 0 Å². The van der Waals surface area contributed by atoms with Gasteiger partial charge in [-0.3, -0.25) is 0 Å². The Morgan fingerprint density at radius 1 is 1.10 bits per heavy atom. The fourth-order valence-electron chi connectivity index (χ4n) is 1.84. The maximum atomic E-state index is 5.92. The number of allylic oxidation sites excluding steroid dienone is 2. The minimum absolute atomic E-state index is 0.397. The molecule has 2 aliphatic rings. The van der Waals surface area contributed by atoms with Gasteiger partial charge in [0.25, 0.3) is 0 Å². The number of rotatable bonds is 2. The number of hydroxylamine groups is 1. The van der Waals surface area contributed by atoms with Crippen molar-refractivity contribution >= 4 is 12.7 Å². The van der Waals surface area contributed by atoms with E-state index in [0.29, 0.717) is 5.59 Å². The van der Waals surface area contributed by atoms with Crippen LogP contribution in [-0.4, -0.2) is 33.4 Å². The number of aromatic nitrogens is 3. The molecule has 0 bridgehead atoms. The van der Waals surface area contributed by atoms with Gasteiger partial charge in [-0.1, -0.05) is 5.17 Å². The second kappa shape index (κ2) is 4.36. The summed E-state index contributed by atoms with van der Waals surface area (Å²) in [5.74, 6) is 0. The molecule has 0 atom stereocenters. The fourth-order valence-corrected chi connectivity index (χ4v) is 1.84. The molecule has 0 radical (unpaired) electrons. The highest BCUT2D eigenvalue weighted by Crippen LogP contribution is 2.36. The Kier molecular flexibility index (Phi) is 2.88. The fraction of sp³-hybridized carbons (Fsp3) is 0.500. The molecule has 1 fully saturated rings. The number of hydrogen-bond acceptors (Lipinski definition) is 6. The van der Waals surface area contributed by atoms with Crippen molar-refractivity contribution < 1.29 is 14.1 Å². The van der Waals surface area contributed by atoms with Crippen molar-refractivity contribution in [3.05, 3.63) is 30.8 Å². The van der Waals surface area contributed by atoms with E-state index < -0.39 is 18.3 Å². The van der Waals surface area contributed by atoms with Crippen molar-refractivity contribution in [2.45, 2.75) is 38.9 Å². The minimum Gasteiger partial charge on any atom is -0.398 e. The van der Waals surface area contributed by atoms with Gasteiger partial charge in [0.05, 0.1) is 23.6 Å². The van der Waals surface area contributed by atoms with E-state index in [-0.39, 0.29) is 0 Å². The normalized spacial score (nSPS) is 23.2. The Bertz CT molecular complexity index is 551. The van der Waals surface area contributed by atoms with Crippen LogP contribution in [0.2, 0.25) is 0 Å². The van der Waals surface area contributed by atoms with Crippen LogP contribution in [0.15, 0.2) is 30.8 Å². The average Bonchev–Trinajstić information content (AvgIpc) is 2.94. The standard InChI is InChI=1S/C12H17BN4O3/c1-11(2)12(3,4)20-13(19-11)10-9-14-17(15-10)16-7-5-6-8-18-16/h5-9H,1-4H3. The maximum absolute atomic E-state index is 5.92. The van der Waals surface area contributed by atoms with E-state index in [1.807, 2.05) is 33.8 Å². The lowest BCUT2D eigenvalue weighted by molar-refractivity contribution is 0.00578. The van der Waals surface area contributed by atoms with Crippen LogP contribution in [0.1, 0.15) is 27.7 Å². The molecule has 0 N–H and O–H groups in total. The Morgan fingerprint density at radius 2 is 1.80 bits per heavy atom. The molecule has 1 saturated heterocycles. The number of hydrogen-bond donors (Lipinski definition) is 0. The monoisotopic (exact) mass is 276 g/mol. The van der Waals surface area contributed by atoms with E-state index in [2.05, 4.69) is 10.2 Å². The van der Waals surface area contributed by atoms with E-state index in [4.69, 9.17) is 14.1 Å². The van der Waals surface area contributed by atoms with Crippen molar-refractivity contribution in [2.75, 3.05) is 5.17 Å². The highest BCUT2D eigenvalue weighted by Gasteiger charge is 2.52. The minimum atomic E-state index is -0.530. The van der Waals surface area contributed by atoms with Crippen molar-refractivity contribution in [1.29, 1.82) is 0 Å². The van der Waals surface area contributed by atoms with Crippen molar-refractivity contribution in [3.8, 4) is 0 Å². The van der Waals surface area contributed by atoms with Crippen LogP contribution in [0.25, 0.3) is 0 Å². The van der Waals surface area contributed by atoms with E-state index in [0.717, 1.165) is 0 Å². The van der Waals surface area contributed by atoms with Gasteiger partial charge in [0.15, 0.2) is 0 Å². The second-order valence-electron chi connectivity index (χ2n) is 5.70. The largest absolute Gasteiger partial charge is 0.518 e. The third-order valence-corrected chi connectivity index (χ3v) is 3.74. The topological polar surface area (TPSA) is 61.6 Å². The molecule has 0 spiro atoms. The van der Waals surface area contributed by atoms with Gasteiger partial charge in [-0.05, 0) is 44.8 Å². The van der Waals surface area contributed by atoms with E-state index in [1.165, 1.54) is 16.3 Å². The summed E-state index contributed by atoms with van der Waals surface area (Å²) in [4.78, 5) is 6.58. The van der Waals surface area contributed by atoms with Crippen molar-refractivity contribution in [3.63, 3.8) is 0 Å². The summed E-state index contributed by atoms with van der Waals surface area (Å²) >= 11 is 0. The first kappa shape index (κ1) is 13.2. The predicted octanol–water partition coefficient (Wildman–Crippen LogP) is 0.488. The zero-order valence-electron chi connectivity index (χ0n) is 12.0. The summed E-state index contributed by atoms with van der Waals surface area (Å²) in [7, 11) is -0.530. The van der Waals surface area contributed by atoms with Gasteiger partial charge in [0.1, 0.15) is 11.9 Å². The third-order valence-electron chi connectivity index (χ3n) is 3.74. The molecule has 8 heteroatoms. The van der Waals surface area contributed by atoms with Crippen LogP contribution in [0.3, 0.4) is 0 Å². The van der Waals surface area contributed by atoms with Crippen molar-refractivity contribution in [1.82, 2.24) is 15.1 Å². The molecule has 0 unspecified atom stereocenters. The van der Waals surface area contributed by atoms with E-state index in [1.54, 1.807) is 18.5 Å². The first-order valence-corrected chi connectivity index (χ1v) is 6.47. The highest BCUT2D eigenvalue weighted by atomic mass is 16.7. The lowest BCUT2D eigenvalue weighted by atomic mass is 9.86. The molecule has 0 saturated carbocycles. The van der Waals surface area contributed by atoms with Crippen molar-refractivity contribution in [2.24, 2.45) is 0 Å². The highest BCUT2D eigenvalue weighted by molar-refractivity contribution is 6.61. The molecule has 3 heterocycles. The zero-order valence-corrected chi connectivity index (χ0v) is 12.0. The second-order valence-corrected chi connectivity index (χ2v) is 5.70. The quantitative estimate of drug-likeness (QED) is 0.732. The van der Waals surface area contributed by atoms with Crippen LogP contribution in [0, 0.1) is 0 Å². The summed E-state index contributed by atoms with van der Waals surface area (Å²) in [6, 6.07) is 0. The Labute approximate surface area is 117 Å². The summed E-state index contributed by atoms with van der Waals surface area (Å²) in [5.41, 5.74) is -0.188. The molecular weight excluding hydrogens is 259 g/mol. The van der Waals surface area contributed by atoms with Gasteiger partial charge >= 0.3 is 7.12 Å². The molecule has 0 amide bonds. The lowest BCUT2D eigenvalue weighted by Gasteiger charge is -2.32. The Morgan fingerprint density at radius 3 is 2.40 bits per heavy atom. The van der Waals surface area contributed by atoms with Gasteiger partial charge < -0.3 is 14.1 Å². The summed E-state index contributed by atoms with van der Waals surface area (Å²) in [5, 5.41) is 9.86. The molecule has 7 nitrogen and oxygen atoms in total. The molecule has 3 rings (SSSR count). The molecule has 1 aromatic rings. The van der Waals surface area contributed by atoms with Gasteiger partial charge in [-0.25, -0.2) is 0 Å². The zero-order chi connectivity index (χ0) is 14.4. The van der Waals surface area contributed by atoms with Crippen LogP contribution < -0.4 is 10.8 Å². The lowest BCUT2D eigenvalue weighted by Crippen LogP contribution is -2.41. The van der Waals surface area contributed by atoms with Gasteiger partial charge in [0.2, 0.25) is 0 Å². The van der Waals surface area contributed by atoms with Gasteiger partial charge in [-0.15, -0.1) is 10.2 Å². The molecule has 1 aromatic heterocycles. The van der Waals surface area contributed by atoms with Gasteiger partial charge in [0, 0.05) is 0 Å². The smallest absolute Gasteiger partial charge is 0.398 e. The van der Waals surface area contributed by atoms with Crippen LogP contribution in [0.4, 0.5) is 0 Å².